The minimum atomic E-state index is -3.12. The SMILES string of the molecule is O=C(Nc1ccccc1I)C1=NN(C2CCS(=O)(=O)C2)C(=O)CC1. The van der Waals surface area contributed by atoms with Crippen LogP contribution in [0.15, 0.2) is 29.4 Å². The van der Waals surface area contributed by atoms with Gasteiger partial charge in [-0.1, -0.05) is 12.1 Å². The van der Waals surface area contributed by atoms with Crippen molar-refractivity contribution in [2.24, 2.45) is 5.10 Å². The number of hydrogen-bond acceptors (Lipinski definition) is 5. The molecule has 1 saturated heterocycles. The first-order valence-corrected chi connectivity index (χ1v) is 10.4. The normalized spacial score (nSPS) is 23.0. The Balaban J connectivity index is 1.78. The molecule has 0 aromatic heterocycles. The molecule has 9 heteroatoms. The number of carbonyl (C=O) groups excluding carboxylic acids is 2. The van der Waals surface area contributed by atoms with E-state index in [0.717, 1.165) is 3.57 Å². The van der Waals surface area contributed by atoms with Gasteiger partial charge in [-0.15, -0.1) is 0 Å². The van der Waals surface area contributed by atoms with Crippen LogP contribution in [0, 0.1) is 3.57 Å². The van der Waals surface area contributed by atoms with Crippen molar-refractivity contribution < 1.29 is 18.0 Å². The van der Waals surface area contributed by atoms with Crippen LogP contribution in [-0.4, -0.2) is 48.5 Å². The summed E-state index contributed by atoms with van der Waals surface area (Å²) < 4.78 is 24.1. The number of nitrogens with one attached hydrogen (secondary N) is 1. The number of para-hydroxylation sites is 1. The number of hydrogen-bond donors (Lipinski definition) is 1. The molecule has 0 radical (unpaired) electrons. The average Bonchev–Trinajstić information content (AvgIpc) is 2.90. The Morgan fingerprint density at radius 3 is 2.71 bits per heavy atom. The van der Waals surface area contributed by atoms with Gasteiger partial charge >= 0.3 is 0 Å². The number of anilines is 1. The van der Waals surface area contributed by atoms with Gasteiger partial charge in [0.1, 0.15) is 5.71 Å². The summed E-state index contributed by atoms with van der Waals surface area (Å²) in [4.78, 5) is 24.5. The fraction of sp³-hybridized carbons (Fsp3) is 0.400. The Morgan fingerprint density at radius 1 is 1.29 bits per heavy atom. The molecule has 0 aliphatic carbocycles. The molecule has 2 amide bonds. The molecule has 0 bridgehead atoms. The first-order chi connectivity index (χ1) is 11.4. The van der Waals surface area contributed by atoms with Gasteiger partial charge in [-0.2, -0.15) is 5.10 Å². The average molecular weight is 461 g/mol. The largest absolute Gasteiger partial charge is 0.320 e. The summed E-state index contributed by atoms with van der Waals surface area (Å²) >= 11 is 2.12. The number of nitrogens with zero attached hydrogens (tertiary/aromatic N) is 2. The molecule has 0 spiro atoms. The minimum Gasteiger partial charge on any atom is -0.320 e. The number of benzene rings is 1. The van der Waals surface area contributed by atoms with Crippen LogP contribution in [-0.2, 0) is 19.4 Å². The fourth-order valence-electron chi connectivity index (χ4n) is 2.75. The molecule has 1 unspecified atom stereocenters. The van der Waals surface area contributed by atoms with Crippen LogP contribution >= 0.6 is 22.6 Å². The van der Waals surface area contributed by atoms with Crippen LogP contribution < -0.4 is 5.32 Å². The summed E-state index contributed by atoms with van der Waals surface area (Å²) in [5.41, 5.74) is 0.927. The summed E-state index contributed by atoms with van der Waals surface area (Å²) in [6, 6.07) is 6.88. The highest BCUT2D eigenvalue weighted by Gasteiger charge is 2.37. The molecule has 128 valence electrons. The molecule has 2 heterocycles. The van der Waals surface area contributed by atoms with Crippen molar-refractivity contribution in [3.05, 3.63) is 27.8 Å². The van der Waals surface area contributed by atoms with Crippen LogP contribution in [0.3, 0.4) is 0 Å². The third-order valence-electron chi connectivity index (χ3n) is 4.00. The van der Waals surface area contributed by atoms with E-state index in [9.17, 15) is 18.0 Å². The number of amides is 2. The molecule has 1 atom stereocenters. The number of sulfone groups is 1. The Labute approximate surface area is 153 Å². The second-order valence-electron chi connectivity index (χ2n) is 5.78. The van der Waals surface area contributed by atoms with Gasteiger partial charge in [0.15, 0.2) is 9.84 Å². The van der Waals surface area contributed by atoms with Gasteiger partial charge in [-0.05, 0) is 41.1 Å². The lowest BCUT2D eigenvalue weighted by atomic mass is 10.1. The van der Waals surface area contributed by atoms with E-state index in [1.807, 2.05) is 18.2 Å². The van der Waals surface area contributed by atoms with E-state index in [2.05, 4.69) is 33.0 Å². The zero-order valence-corrected chi connectivity index (χ0v) is 15.7. The van der Waals surface area contributed by atoms with Gasteiger partial charge in [0.05, 0.1) is 23.2 Å². The molecular weight excluding hydrogens is 445 g/mol. The van der Waals surface area contributed by atoms with Crippen LogP contribution in [0.25, 0.3) is 0 Å². The predicted molar refractivity (Wildman–Crippen MR) is 98.4 cm³/mol. The summed E-state index contributed by atoms with van der Waals surface area (Å²) in [7, 11) is -3.12. The van der Waals surface area contributed by atoms with Crippen molar-refractivity contribution in [3.8, 4) is 0 Å². The smallest absolute Gasteiger partial charge is 0.271 e. The predicted octanol–water partition coefficient (Wildman–Crippen LogP) is 1.40. The van der Waals surface area contributed by atoms with Gasteiger partial charge in [0, 0.05) is 16.4 Å². The molecule has 1 aromatic rings. The first kappa shape index (κ1) is 17.3. The topological polar surface area (TPSA) is 95.9 Å². The zero-order valence-electron chi connectivity index (χ0n) is 12.7. The molecule has 3 rings (SSSR count). The standard InChI is InChI=1S/C15H16IN3O4S/c16-11-3-1-2-4-12(11)17-15(21)13-5-6-14(20)19(18-13)10-7-8-24(22,23)9-10/h1-4,10H,5-9H2,(H,17,21). The van der Waals surface area contributed by atoms with Gasteiger partial charge in [0.25, 0.3) is 5.91 Å². The lowest BCUT2D eigenvalue weighted by molar-refractivity contribution is -0.133. The third-order valence-corrected chi connectivity index (χ3v) is 6.69. The van der Waals surface area contributed by atoms with Crippen molar-refractivity contribution in [1.29, 1.82) is 0 Å². The monoisotopic (exact) mass is 461 g/mol. The Bertz CT molecular complexity index is 822. The molecule has 1 fully saturated rings. The van der Waals surface area contributed by atoms with Crippen LogP contribution in [0.1, 0.15) is 19.3 Å². The molecule has 7 nitrogen and oxygen atoms in total. The van der Waals surface area contributed by atoms with Gasteiger partial charge in [-0.3, -0.25) is 9.59 Å². The Hall–Kier alpha value is -1.49. The molecular formula is C15H16IN3O4S. The Kier molecular flexibility index (Phi) is 4.90. The van der Waals surface area contributed by atoms with Gasteiger partial charge in [0.2, 0.25) is 5.91 Å². The quantitative estimate of drug-likeness (QED) is 0.689. The maximum Gasteiger partial charge on any atom is 0.271 e. The second kappa shape index (κ2) is 6.79. The summed E-state index contributed by atoms with van der Waals surface area (Å²) in [6.07, 6.45) is 0.780. The maximum absolute atomic E-state index is 12.4. The van der Waals surface area contributed by atoms with Crippen LogP contribution in [0.2, 0.25) is 0 Å². The maximum atomic E-state index is 12.4. The van der Waals surface area contributed by atoms with E-state index in [0.29, 0.717) is 12.1 Å². The molecule has 2 aliphatic heterocycles. The number of rotatable bonds is 3. The molecule has 1 aromatic carbocycles. The van der Waals surface area contributed by atoms with E-state index in [-0.39, 0.29) is 41.9 Å². The van der Waals surface area contributed by atoms with Crippen molar-refractivity contribution >= 4 is 55.6 Å². The van der Waals surface area contributed by atoms with Gasteiger partial charge < -0.3 is 5.32 Å². The molecule has 1 N–H and O–H groups in total. The Morgan fingerprint density at radius 2 is 2.04 bits per heavy atom. The highest BCUT2D eigenvalue weighted by Crippen LogP contribution is 2.23. The van der Waals surface area contributed by atoms with E-state index in [4.69, 9.17) is 0 Å². The van der Waals surface area contributed by atoms with Crippen LogP contribution in [0.5, 0.6) is 0 Å². The van der Waals surface area contributed by atoms with E-state index in [1.165, 1.54) is 5.01 Å². The van der Waals surface area contributed by atoms with Crippen LogP contribution in [0.4, 0.5) is 5.69 Å². The van der Waals surface area contributed by atoms with E-state index < -0.39 is 15.9 Å². The number of hydrazone groups is 1. The number of halogens is 1. The van der Waals surface area contributed by atoms with E-state index in [1.54, 1.807) is 6.07 Å². The van der Waals surface area contributed by atoms with Crippen molar-refractivity contribution in [3.63, 3.8) is 0 Å². The highest BCUT2D eigenvalue weighted by atomic mass is 127. The minimum absolute atomic E-state index is 0.0563. The second-order valence-corrected chi connectivity index (χ2v) is 9.17. The highest BCUT2D eigenvalue weighted by molar-refractivity contribution is 14.1. The number of carbonyl (C=O) groups is 2. The first-order valence-electron chi connectivity index (χ1n) is 7.51. The lowest BCUT2D eigenvalue weighted by Gasteiger charge is -2.27. The van der Waals surface area contributed by atoms with Gasteiger partial charge in [-0.25, -0.2) is 13.4 Å². The zero-order chi connectivity index (χ0) is 17.3. The summed E-state index contributed by atoms with van der Waals surface area (Å²) in [5, 5.41) is 8.14. The summed E-state index contributed by atoms with van der Waals surface area (Å²) in [5.74, 6) is -0.630. The molecule has 24 heavy (non-hydrogen) atoms. The lowest BCUT2D eigenvalue weighted by Crippen LogP contribution is -2.42. The van der Waals surface area contributed by atoms with Crippen molar-refractivity contribution in [2.45, 2.75) is 25.3 Å². The molecule has 2 aliphatic rings. The van der Waals surface area contributed by atoms with Crippen molar-refractivity contribution in [1.82, 2.24) is 5.01 Å². The third kappa shape index (κ3) is 3.77. The van der Waals surface area contributed by atoms with E-state index >= 15 is 0 Å². The van der Waals surface area contributed by atoms with Crippen molar-refractivity contribution in [2.75, 3.05) is 16.8 Å². The molecule has 0 saturated carbocycles. The fourth-order valence-corrected chi connectivity index (χ4v) is 4.96. The summed E-state index contributed by atoms with van der Waals surface area (Å²) in [6.45, 7) is 0.